The summed E-state index contributed by atoms with van der Waals surface area (Å²) < 4.78 is 26.5. The molecule has 0 aromatic carbocycles. The third-order valence-electron chi connectivity index (χ3n) is 7.60. The fourth-order valence-electron chi connectivity index (χ4n) is 5.32. The van der Waals surface area contributed by atoms with E-state index in [2.05, 4.69) is 36.0 Å². The lowest BCUT2D eigenvalue weighted by Gasteiger charge is -2.34. The molecule has 3 aliphatic rings. The highest BCUT2D eigenvalue weighted by atomic mass is 32.1. The summed E-state index contributed by atoms with van der Waals surface area (Å²) in [5.41, 5.74) is 1.15. The Hall–Kier alpha value is -2.93. The fraction of sp³-hybridized carbons (Fsp3) is 0.577. The highest BCUT2D eigenvalue weighted by Gasteiger charge is 2.46. The van der Waals surface area contributed by atoms with E-state index >= 15 is 0 Å². The highest BCUT2D eigenvalue weighted by molar-refractivity contribution is 7.15. The molecule has 2 atom stereocenters. The Balaban J connectivity index is 1.02. The van der Waals surface area contributed by atoms with Crippen molar-refractivity contribution in [3.63, 3.8) is 0 Å². The molecule has 6 rings (SSSR count). The van der Waals surface area contributed by atoms with Gasteiger partial charge in [-0.1, -0.05) is 35.2 Å². The van der Waals surface area contributed by atoms with Crippen molar-refractivity contribution in [2.24, 2.45) is 5.92 Å². The Labute approximate surface area is 232 Å². The first-order valence-electron chi connectivity index (χ1n) is 13.4. The molecule has 13 heteroatoms. The van der Waals surface area contributed by atoms with Crippen molar-refractivity contribution >= 4 is 44.8 Å². The zero-order chi connectivity index (χ0) is 27.0. The Morgan fingerprint density at radius 1 is 0.872 bits per heavy atom. The number of anilines is 2. The van der Waals surface area contributed by atoms with Crippen molar-refractivity contribution in [2.45, 2.75) is 87.9 Å². The van der Waals surface area contributed by atoms with Crippen LogP contribution < -0.4 is 10.6 Å². The summed E-state index contributed by atoms with van der Waals surface area (Å²) in [5, 5.41) is 25.6. The molecule has 0 saturated heterocycles. The van der Waals surface area contributed by atoms with Gasteiger partial charge in [0.1, 0.15) is 10.0 Å². The van der Waals surface area contributed by atoms with E-state index in [1.54, 1.807) is 18.2 Å². The molecule has 0 unspecified atom stereocenters. The standard InChI is InChI=1S/C26H29F2N7O2S2/c27-26(28)12-17(13-26)19-6-2-5-18(29-19)11-21(37)31-25-35-33-23(39-25)16-4-1-3-15(10-16)22-32-34-24(38-22)30-20(36)9-14-7-8-14/h2,5-6,14-17H,1,3-4,7-13H2,(H,30,34,36)(H,31,35,37)/t15-,16-/m0/s1. The van der Waals surface area contributed by atoms with E-state index in [0.717, 1.165) is 48.5 Å². The third kappa shape index (κ3) is 6.63. The number of amides is 2. The second-order valence-corrected chi connectivity index (χ2v) is 12.9. The van der Waals surface area contributed by atoms with Gasteiger partial charge in [-0.25, -0.2) is 8.78 Å². The number of halogens is 2. The number of nitrogens with zero attached hydrogens (tertiary/aromatic N) is 5. The SMILES string of the molecule is O=C(Cc1cccc(C2CC(F)(F)C2)n1)Nc1nnc([C@H]2CCC[C@H](c3nnc(NC(=O)CC4CC4)s3)C2)s1. The van der Waals surface area contributed by atoms with Gasteiger partial charge in [0.2, 0.25) is 28.0 Å². The molecule has 3 heterocycles. The minimum absolute atomic E-state index is 0.0108. The van der Waals surface area contributed by atoms with Crippen LogP contribution in [0, 0.1) is 5.92 Å². The summed E-state index contributed by atoms with van der Waals surface area (Å²) in [6, 6.07) is 5.22. The van der Waals surface area contributed by atoms with Crippen LogP contribution in [0.2, 0.25) is 0 Å². The molecule has 0 radical (unpaired) electrons. The molecule has 206 valence electrons. The highest BCUT2D eigenvalue weighted by Crippen LogP contribution is 2.48. The summed E-state index contributed by atoms with van der Waals surface area (Å²) in [7, 11) is 0. The second kappa shape index (κ2) is 10.9. The zero-order valence-corrected chi connectivity index (χ0v) is 22.9. The van der Waals surface area contributed by atoms with Gasteiger partial charge in [0.05, 0.1) is 12.1 Å². The predicted molar refractivity (Wildman–Crippen MR) is 143 cm³/mol. The second-order valence-electron chi connectivity index (χ2n) is 10.9. The molecule has 0 aliphatic heterocycles. The Morgan fingerprint density at radius 2 is 1.51 bits per heavy atom. The maximum atomic E-state index is 13.2. The van der Waals surface area contributed by atoms with Crippen LogP contribution in [0.3, 0.4) is 0 Å². The molecule has 39 heavy (non-hydrogen) atoms. The normalized spacial score (nSPS) is 22.7. The van der Waals surface area contributed by atoms with Crippen LogP contribution in [0.25, 0.3) is 0 Å². The van der Waals surface area contributed by atoms with Gasteiger partial charge in [0, 0.05) is 42.7 Å². The van der Waals surface area contributed by atoms with E-state index in [1.165, 1.54) is 22.7 Å². The van der Waals surface area contributed by atoms with Crippen LogP contribution >= 0.6 is 22.7 Å². The van der Waals surface area contributed by atoms with Crippen LogP contribution in [-0.2, 0) is 16.0 Å². The lowest BCUT2D eigenvalue weighted by molar-refractivity contribution is -0.117. The number of hydrogen-bond donors (Lipinski definition) is 2. The molecule has 3 aromatic heterocycles. The number of rotatable bonds is 9. The number of hydrogen-bond acceptors (Lipinski definition) is 9. The largest absolute Gasteiger partial charge is 0.301 e. The molecule has 2 amide bonds. The molecular formula is C26H29F2N7O2S2. The molecular weight excluding hydrogens is 544 g/mol. The van der Waals surface area contributed by atoms with Crippen molar-refractivity contribution in [1.82, 2.24) is 25.4 Å². The van der Waals surface area contributed by atoms with Gasteiger partial charge in [0.15, 0.2) is 0 Å². The first-order valence-corrected chi connectivity index (χ1v) is 15.0. The van der Waals surface area contributed by atoms with Gasteiger partial charge in [-0.05, 0) is 50.2 Å². The fourth-order valence-corrected chi connectivity index (χ4v) is 7.13. The van der Waals surface area contributed by atoms with Crippen molar-refractivity contribution in [3.05, 3.63) is 39.6 Å². The summed E-state index contributed by atoms with van der Waals surface area (Å²) in [4.78, 5) is 29.2. The maximum absolute atomic E-state index is 13.2. The van der Waals surface area contributed by atoms with E-state index in [9.17, 15) is 18.4 Å². The predicted octanol–water partition coefficient (Wildman–Crippen LogP) is 5.66. The lowest BCUT2D eigenvalue weighted by Crippen LogP contribution is -2.34. The quantitative estimate of drug-likeness (QED) is 0.339. The van der Waals surface area contributed by atoms with Gasteiger partial charge in [0.25, 0.3) is 0 Å². The molecule has 3 fully saturated rings. The van der Waals surface area contributed by atoms with Crippen LogP contribution in [-0.4, -0.2) is 43.1 Å². The summed E-state index contributed by atoms with van der Waals surface area (Å²) in [6.07, 6.45) is 6.35. The van der Waals surface area contributed by atoms with Gasteiger partial charge in [-0.2, -0.15) is 0 Å². The van der Waals surface area contributed by atoms with Gasteiger partial charge >= 0.3 is 0 Å². The van der Waals surface area contributed by atoms with E-state index in [1.807, 2.05) is 0 Å². The molecule has 9 nitrogen and oxygen atoms in total. The smallest absolute Gasteiger partial charge is 0.249 e. The molecule has 0 bridgehead atoms. The average molecular weight is 574 g/mol. The van der Waals surface area contributed by atoms with Gasteiger partial charge < -0.3 is 10.6 Å². The number of carbonyl (C=O) groups is 2. The van der Waals surface area contributed by atoms with Crippen molar-refractivity contribution in [2.75, 3.05) is 10.6 Å². The van der Waals surface area contributed by atoms with E-state index in [-0.39, 0.29) is 48.8 Å². The minimum Gasteiger partial charge on any atom is -0.301 e. The van der Waals surface area contributed by atoms with Crippen molar-refractivity contribution in [3.8, 4) is 0 Å². The Kier molecular flexibility index (Phi) is 7.36. The first-order chi connectivity index (χ1) is 18.8. The topological polar surface area (TPSA) is 123 Å². The summed E-state index contributed by atoms with van der Waals surface area (Å²) in [6.45, 7) is 0. The number of nitrogens with one attached hydrogen (secondary N) is 2. The summed E-state index contributed by atoms with van der Waals surface area (Å²) >= 11 is 2.82. The summed E-state index contributed by atoms with van der Waals surface area (Å²) in [5.74, 6) is -2.15. The van der Waals surface area contributed by atoms with Crippen LogP contribution in [0.4, 0.5) is 19.0 Å². The van der Waals surface area contributed by atoms with Crippen LogP contribution in [0.15, 0.2) is 18.2 Å². The zero-order valence-electron chi connectivity index (χ0n) is 21.2. The minimum atomic E-state index is -2.61. The third-order valence-corrected chi connectivity index (χ3v) is 9.60. The van der Waals surface area contributed by atoms with E-state index in [0.29, 0.717) is 34.0 Å². The molecule has 0 spiro atoms. The number of alkyl halides is 2. The number of aromatic nitrogens is 5. The Bertz CT molecular complexity index is 1350. The lowest BCUT2D eigenvalue weighted by atomic mass is 9.79. The van der Waals surface area contributed by atoms with E-state index < -0.39 is 5.92 Å². The molecule has 3 aliphatic carbocycles. The number of carbonyl (C=O) groups excluding carboxylic acids is 2. The van der Waals surface area contributed by atoms with Crippen molar-refractivity contribution in [1.29, 1.82) is 0 Å². The van der Waals surface area contributed by atoms with Crippen LogP contribution in [0.5, 0.6) is 0 Å². The molecule has 3 saturated carbocycles. The first kappa shape index (κ1) is 26.3. The molecule has 3 aromatic rings. The number of pyridine rings is 1. The van der Waals surface area contributed by atoms with Gasteiger partial charge in [-0.3, -0.25) is 14.6 Å². The van der Waals surface area contributed by atoms with E-state index in [4.69, 9.17) is 0 Å². The van der Waals surface area contributed by atoms with Crippen LogP contribution in [0.1, 0.15) is 96.9 Å². The van der Waals surface area contributed by atoms with Gasteiger partial charge in [-0.15, -0.1) is 20.4 Å². The molecule has 2 N–H and O–H groups in total. The van der Waals surface area contributed by atoms with Crippen molar-refractivity contribution < 1.29 is 18.4 Å². The maximum Gasteiger partial charge on any atom is 0.249 e. The average Bonchev–Trinajstić information content (AvgIpc) is 3.37. The Morgan fingerprint density at radius 3 is 2.13 bits per heavy atom. The monoisotopic (exact) mass is 573 g/mol.